The first kappa shape index (κ1) is 17.6. The van der Waals surface area contributed by atoms with E-state index in [-0.39, 0.29) is 17.9 Å². The molecule has 0 spiro atoms. The Morgan fingerprint density at radius 2 is 2.20 bits per heavy atom. The van der Waals surface area contributed by atoms with Crippen LogP contribution in [0.1, 0.15) is 30.5 Å². The van der Waals surface area contributed by atoms with E-state index >= 15 is 0 Å². The van der Waals surface area contributed by atoms with Crippen LogP contribution in [0.15, 0.2) is 6.33 Å². The van der Waals surface area contributed by atoms with E-state index in [2.05, 4.69) is 20.6 Å². The van der Waals surface area contributed by atoms with Crippen molar-refractivity contribution in [2.75, 3.05) is 38.7 Å². The molecule has 0 bridgehead atoms. The van der Waals surface area contributed by atoms with E-state index in [0.717, 1.165) is 36.3 Å². The second-order valence-electron chi connectivity index (χ2n) is 6.46. The third-order valence-corrected chi connectivity index (χ3v) is 4.74. The van der Waals surface area contributed by atoms with Gasteiger partial charge in [-0.05, 0) is 12.8 Å². The molecule has 3 rings (SSSR count). The number of hydrogen-bond donors (Lipinski definition) is 2. The molecule has 2 aliphatic heterocycles. The van der Waals surface area contributed by atoms with Gasteiger partial charge in [0, 0.05) is 57.6 Å². The maximum Gasteiger partial charge on any atom is 0.224 e. The van der Waals surface area contributed by atoms with Gasteiger partial charge in [-0.15, -0.1) is 0 Å². The molecule has 8 nitrogen and oxygen atoms in total. The molecule has 0 aliphatic carbocycles. The Kier molecular flexibility index (Phi) is 5.80. The van der Waals surface area contributed by atoms with E-state index < -0.39 is 0 Å². The van der Waals surface area contributed by atoms with Gasteiger partial charge >= 0.3 is 0 Å². The summed E-state index contributed by atoms with van der Waals surface area (Å²) in [5.74, 6) is 0.976. The summed E-state index contributed by atoms with van der Waals surface area (Å²) in [4.78, 5) is 34.5. The van der Waals surface area contributed by atoms with Gasteiger partial charge in [-0.2, -0.15) is 0 Å². The predicted octanol–water partition coefficient (Wildman–Crippen LogP) is 0.131. The summed E-state index contributed by atoms with van der Waals surface area (Å²) in [6.07, 6.45) is 4.67. The maximum atomic E-state index is 12.6. The summed E-state index contributed by atoms with van der Waals surface area (Å²) in [6.45, 7) is 2.60. The number of anilines is 1. The molecule has 2 N–H and O–H groups in total. The number of nitrogens with one attached hydrogen (secondary N) is 2. The Morgan fingerprint density at radius 3 is 2.96 bits per heavy atom. The second kappa shape index (κ2) is 8.24. The first-order chi connectivity index (χ1) is 12.2. The minimum absolute atomic E-state index is 0.0170. The average Bonchev–Trinajstić information content (AvgIpc) is 2.88. The molecule has 1 fully saturated rings. The van der Waals surface area contributed by atoms with Gasteiger partial charge in [-0.1, -0.05) is 0 Å². The van der Waals surface area contributed by atoms with Crippen molar-refractivity contribution in [3.05, 3.63) is 17.6 Å². The Hall–Kier alpha value is -2.22. The van der Waals surface area contributed by atoms with E-state index in [0.29, 0.717) is 39.1 Å². The molecule has 1 saturated heterocycles. The van der Waals surface area contributed by atoms with E-state index in [4.69, 9.17) is 4.74 Å². The first-order valence-corrected chi connectivity index (χ1v) is 8.80. The number of ether oxygens (including phenoxy) is 1. The average molecular weight is 347 g/mol. The second-order valence-corrected chi connectivity index (χ2v) is 6.46. The van der Waals surface area contributed by atoms with Gasteiger partial charge in [0.05, 0.1) is 12.3 Å². The van der Waals surface area contributed by atoms with Gasteiger partial charge in [0.15, 0.2) is 0 Å². The van der Waals surface area contributed by atoms with Crippen molar-refractivity contribution >= 4 is 17.6 Å². The topological polar surface area (TPSA) is 96.4 Å². The van der Waals surface area contributed by atoms with Crippen LogP contribution >= 0.6 is 0 Å². The zero-order valence-electron chi connectivity index (χ0n) is 14.6. The van der Waals surface area contributed by atoms with E-state index in [1.54, 1.807) is 13.4 Å². The van der Waals surface area contributed by atoms with Crippen LogP contribution in [0.2, 0.25) is 0 Å². The van der Waals surface area contributed by atoms with Gasteiger partial charge in [0.1, 0.15) is 12.1 Å². The number of aromatic nitrogens is 2. The van der Waals surface area contributed by atoms with Crippen molar-refractivity contribution in [3.8, 4) is 0 Å². The lowest BCUT2D eigenvalue weighted by Crippen LogP contribution is -2.38. The minimum atomic E-state index is -0.0170. The molecule has 0 unspecified atom stereocenters. The SMILES string of the molecule is COCCNc1ncnc2c1CCN(C(=O)C[C@H]1CCC(=O)N1)CC2. The molecular weight excluding hydrogens is 322 g/mol. The van der Waals surface area contributed by atoms with Gasteiger partial charge in [-0.25, -0.2) is 9.97 Å². The fourth-order valence-corrected chi connectivity index (χ4v) is 3.37. The summed E-state index contributed by atoms with van der Waals surface area (Å²) >= 11 is 0. The van der Waals surface area contributed by atoms with E-state index in [1.165, 1.54) is 0 Å². The first-order valence-electron chi connectivity index (χ1n) is 8.80. The molecule has 0 radical (unpaired) electrons. The van der Waals surface area contributed by atoms with Gasteiger partial charge in [0.25, 0.3) is 0 Å². The van der Waals surface area contributed by atoms with Gasteiger partial charge in [-0.3, -0.25) is 9.59 Å². The number of carbonyl (C=O) groups excluding carboxylic acids is 2. The van der Waals surface area contributed by atoms with Crippen LogP contribution in [0.5, 0.6) is 0 Å². The smallest absolute Gasteiger partial charge is 0.224 e. The lowest BCUT2D eigenvalue weighted by Gasteiger charge is -2.22. The monoisotopic (exact) mass is 347 g/mol. The highest BCUT2D eigenvalue weighted by molar-refractivity contribution is 5.82. The van der Waals surface area contributed by atoms with Crippen LogP contribution in [0.3, 0.4) is 0 Å². The van der Waals surface area contributed by atoms with Crippen molar-refractivity contribution in [1.82, 2.24) is 20.2 Å². The number of hydrogen-bond acceptors (Lipinski definition) is 6. The van der Waals surface area contributed by atoms with Crippen molar-refractivity contribution < 1.29 is 14.3 Å². The van der Waals surface area contributed by atoms with Crippen LogP contribution in [0.4, 0.5) is 5.82 Å². The van der Waals surface area contributed by atoms with Crippen molar-refractivity contribution in [2.24, 2.45) is 0 Å². The number of rotatable bonds is 6. The molecule has 1 aromatic heterocycles. The maximum absolute atomic E-state index is 12.6. The Balaban J connectivity index is 1.60. The predicted molar refractivity (Wildman–Crippen MR) is 92.2 cm³/mol. The van der Waals surface area contributed by atoms with E-state index in [1.807, 2.05) is 4.90 Å². The quantitative estimate of drug-likeness (QED) is 0.710. The Morgan fingerprint density at radius 1 is 1.36 bits per heavy atom. The van der Waals surface area contributed by atoms with Gasteiger partial charge in [0.2, 0.25) is 11.8 Å². The molecule has 0 saturated carbocycles. The summed E-state index contributed by atoms with van der Waals surface area (Å²) in [5.41, 5.74) is 2.09. The summed E-state index contributed by atoms with van der Waals surface area (Å²) in [7, 11) is 1.67. The standard InChI is InChI=1S/C17H25N5O3/c1-25-9-6-18-17-13-4-7-22(8-5-14(13)19-11-20-17)16(24)10-12-2-3-15(23)21-12/h11-12H,2-10H2,1H3,(H,21,23)(H,18,19,20)/t12-/m1/s1. The molecule has 1 atom stereocenters. The zero-order chi connectivity index (χ0) is 17.6. The third kappa shape index (κ3) is 4.45. The normalized spacial score (nSPS) is 20.0. The van der Waals surface area contributed by atoms with Gasteiger partial charge < -0.3 is 20.3 Å². The summed E-state index contributed by atoms with van der Waals surface area (Å²) < 4.78 is 5.06. The van der Waals surface area contributed by atoms with Crippen molar-refractivity contribution in [1.29, 1.82) is 0 Å². The number of nitrogens with zero attached hydrogens (tertiary/aromatic N) is 3. The molecule has 136 valence electrons. The molecular formula is C17H25N5O3. The number of methoxy groups -OCH3 is 1. The molecule has 8 heteroatoms. The molecule has 0 aromatic carbocycles. The largest absolute Gasteiger partial charge is 0.383 e. The lowest BCUT2D eigenvalue weighted by atomic mass is 10.1. The molecule has 1 aromatic rings. The van der Waals surface area contributed by atoms with Crippen LogP contribution in [0, 0.1) is 0 Å². The zero-order valence-corrected chi connectivity index (χ0v) is 14.6. The minimum Gasteiger partial charge on any atom is -0.383 e. The van der Waals surface area contributed by atoms with Crippen LogP contribution in [-0.2, 0) is 27.2 Å². The van der Waals surface area contributed by atoms with E-state index in [9.17, 15) is 9.59 Å². The van der Waals surface area contributed by atoms with Crippen LogP contribution in [0.25, 0.3) is 0 Å². The van der Waals surface area contributed by atoms with Crippen molar-refractivity contribution in [2.45, 2.75) is 38.1 Å². The lowest BCUT2D eigenvalue weighted by molar-refractivity contribution is -0.131. The Labute approximate surface area is 147 Å². The number of carbonyl (C=O) groups is 2. The fourth-order valence-electron chi connectivity index (χ4n) is 3.37. The molecule has 2 aliphatic rings. The summed E-state index contributed by atoms with van der Waals surface area (Å²) in [5, 5.41) is 6.15. The summed E-state index contributed by atoms with van der Waals surface area (Å²) in [6, 6.07) is -0.0170. The fraction of sp³-hybridized carbons (Fsp3) is 0.647. The van der Waals surface area contributed by atoms with Crippen LogP contribution in [-0.4, -0.2) is 66.1 Å². The highest BCUT2D eigenvalue weighted by Crippen LogP contribution is 2.21. The number of amides is 2. The third-order valence-electron chi connectivity index (χ3n) is 4.74. The Bertz CT molecular complexity index is 637. The van der Waals surface area contributed by atoms with Crippen LogP contribution < -0.4 is 10.6 Å². The molecule has 3 heterocycles. The number of fused-ring (bicyclic) bond motifs is 1. The molecule has 25 heavy (non-hydrogen) atoms. The van der Waals surface area contributed by atoms with Crippen molar-refractivity contribution in [3.63, 3.8) is 0 Å². The highest BCUT2D eigenvalue weighted by Gasteiger charge is 2.27. The highest BCUT2D eigenvalue weighted by atomic mass is 16.5. The molecule has 2 amide bonds.